The highest BCUT2D eigenvalue weighted by Gasteiger charge is 2.27. The van der Waals surface area contributed by atoms with Crippen molar-refractivity contribution in [1.82, 2.24) is 5.16 Å². The van der Waals surface area contributed by atoms with E-state index in [0.29, 0.717) is 13.2 Å². The maximum atomic E-state index is 11.7. The van der Waals surface area contributed by atoms with Crippen LogP contribution in [0.15, 0.2) is 4.52 Å². The van der Waals surface area contributed by atoms with E-state index in [1.54, 1.807) is 0 Å². The van der Waals surface area contributed by atoms with Crippen LogP contribution in [0, 0.1) is 19.8 Å². The van der Waals surface area contributed by atoms with Crippen molar-refractivity contribution >= 4 is 5.97 Å². The van der Waals surface area contributed by atoms with Gasteiger partial charge in [-0.2, -0.15) is 0 Å². The summed E-state index contributed by atoms with van der Waals surface area (Å²) in [7, 11) is 0. The number of hydrogen-bond donors (Lipinski definition) is 0. The largest absolute Gasteiger partial charge is 0.466 e. The van der Waals surface area contributed by atoms with Crippen LogP contribution >= 0.6 is 0 Å². The highest BCUT2D eigenvalue weighted by atomic mass is 16.5. The average molecular weight is 281 g/mol. The zero-order valence-electron chi connectivity index (χ0n) is 12.5. The van der Waals surface area contributed by atoms with Crippen molar-refractivity contribution in [3.8, 4) is 0 Å². The summed E-state index contributed by atoms with van der Waals surface area (Å²) in [6.45, 7) is 6.66. The van der Waals surface area contributed by atoms with Crippen molar-refractivity contribution in [2.24, 2.45) is 5.92 Å². The molecule has 1 aliphatic rings. The monoisotopic (exact) mass is 281 g/mol. The molecule has 20 heavy (non-hydrogen) atoms. The number of rotatable bonds is 5. The third-order valence-electron chi connectivity index (χ3n) is 3.94. The molecule has 0 spiro atoms. The zero-order valence-corrected chi connectivity index (χ0v) is 12.5. The Morgan fingerprint density at radius 2 is 2.00 bits per heavy atom. The molecule has 0 aromatic carbocycles. The molecule has 0 aliphatic heterocycles. The minimum absolute atomic E-state index is 0.0499. The van der Waals surface area contributed by atoms with Gasteiger partial charge < -0.3 is 14.0 Å². The first-order valence-corrected chi connectivity index (χ1v) is 7.31. The van der Waals surface area contributed by atoms with Crippen molar-refractivity contribution in [3.05, 3.63) is 17.0 Å². The second-order valence-corrected chi connectivity index (χ2v) is 5.34. The fourth-order valence-electron chi connectivity index (χ4n) is 2.63. The summed E-state index contributed by atoms with van der Waals surface area (Å²) in [4.78, 5) is 11.7. The fraction of sp³-hybridized carbons (Fsp3) is 0.733. The molecule has 0 N–H and O–H groups in total. The van der Waals surface area contributed by atoms with Crippen LogP contribution in [-0.4, -0.2) is 23.8 Å². The smallest absolute Gasteiger partial charge is 0.308 e. The van der Waals surface area contributed by atoms with Crippen molar-refractivity contribution in [1.29, 1.82) is 0 Å². The van der Waals surface area contributed by atoms with Crippen LogP contribution in [0.3, 0.4) is 0 Å². The third-order valence-corrected chi connectivity index (χ3v) is 3.94. The first-order valence-electron chi connectivity index (χ1n) is 7.31. The molecule has 5 nitrogen and oxygen atoms in total. The van der Waals surface area contributed by atoms with Crippen LogP contribution in [-0.2, 0) is 20.9 Å². The van der Waals surface area contributed by atoms with E-state index in [2.05, 4.69) is 5.16 Å². The van der Waals surface area contributed by atoms with E-state index in [0.717, 1.165) is 42.7 Å². The molecule has 1 aromatic heterocycles. The lowest BCUT2D eigenvalue weighted by atomic mass is 9.87. The van der Waals surface area contributed by atoms with E-state index >= 15 is 0 Å². The van der Waals surface area contributed by atoms with E-state index in [4.69, 9.17) is 14.0 Å². The van der Waals surface area contributed by atoms with Gasteiger partial charge in [0.25, 0.3) is 0 Å². The normalized spacial score (nSPS) is 22.8. The van der Waals surface area contributed by atoms with Gasteiger partial charge in [-0.25, -0.2) is 0 Å². The third kappa shape index (κ3) is 3.60. The summed E-state index contributed by atoms with van der Waals surface area (Å²) in [6, 6.07) is 0. The minimum atomic E-state index is -0.0586. The molecular formula is C15H23NO4. The molecule has 1 aromatic rings. The van der Waals surface area contributed by atoms with Gasteiger partial charge in [-0.15, -0.1) is 0 Å². The van der Waals surface area contributed by atoms with Gasteiger partial charge in [-0.1, -0.05) is 5.16 Å². The SMILES string of the molecule is CCOC(=O)C1CCC(OCc2c(C)noc2C)CC1. The van der Waals surface area contributed by atoms with Crippen LogP contribution in [0.25, 0.3) is 0 Å². The Hall–Kier alpha value is -1.36. The summed E-state index contributed by atoms with van der Waals surface area (Å²) in [5.41, 5.74) is 1.93. The molecule has 0 radical (unpaired) electrons. The summed E-state index contributed by atoms with van der Waals surface area (Å²) < 4.78 is 16.1. The molecule has 2 rings (SSSR count). The Balaban J connectivity index is 1.76. The predicted molar refractivity (Wildman–Crippen MR) is 73.1 cm³/mol. The topological polar surface area (TPSA) is 61.6 Å². The molecular weight excluding hydrogens is 258 g/mol. The average Bonchev–Trinajstić information content (AvgIpc) is 2.77. The van der Waals surface area contributed by atoms with Crippen LogP contribution in [0.1, 0.15) is 49.6 Å². The highest BCUT2D eigenvalue weighted by Crippen LogP contribution is 2.28. The van der Waals surface area contributed by atoms with Gasteiger partial charge in [0.15, 0.2) is 0 Å². The van der Waals surface area contributed by atoms with Gasteiger partial charge in [0.1, 0.15) is 5.76 Å². The lowest BCUT2D eigenvalue weighted by molar-refractivity contribution is -0.150. The predicted octanol–water partition coefficient (Wildman–Crippen LogP) is 2.93. The molecule has 1 saturated carbocycles. The molecule has 1 heterocycles. The highest BCUT2D eigenvalue weighted by molar-refractivity contribution is 5.72. The van der Waals surface area contributed by atoms with Gasteiger partial charge >= 0.3 is 5.97 Å². The number of hydrogen-bond acceptors (Lipinski definition) is 5. The standard InChI is InChI=1S/C15H23NO4/c1-4-18-15(17)12-5-7-13(8-6-12)19-9-14-10(2)16-20-11(14)3/h12-13H,4-9H2,1-3H3. The summed E-state index contributed by atoms with van der Waals surface area (Å²) >= 11 is 0. The molecule has 5 heteroatoms. The Morgan fingerprint density at radius 1 is 1.30 bits per heavy atom. The number of esters is 1. The minimum Gasteiger partial charge on any atom is -0.466 e. The quantitative estimate of drug-likeness (QED) is 0.776. The van der Waals surface area contributed by atoms with Crippen LogP contribution in [0.4, 0.5) is 0 Å². The van der Waals surface area contributed by atoms with Crippen molar-refractivity contribution in [2.45, 2.75) is 59.2 Å². The molecule has 1 aliphatic carbocycles. The number of aromatic nitrogens is 1. The summed E-state index contributed by atoms with van der Waals surface area (Å²) in [5.74, 6) is 0.813. The number of aryl methyl sites for hydroxylation is 2. The van der Waals surface area contributed by atoms with E-state index in [9.17, 15) is 4.79 Å². The van der Waals surface area contributed by atoms with Crippen molar-refractivity contribution in [3.63, 3.8) is 0 Å². The summed E-state index contributed by atoms with van der Waals surface area (Å²) in [5, 5.41) is 3.92. The van der Waals surface area contributed by atoms with Gasteiger partial charge in [0, 0.05) is 5.56 Å². The Kier molecular flexibility index (Phi) is 5.17. The first kappa shape index (κ1) is 15.0. The maximum absolute atomic E-state index is 11.7. The van der Waals surface area contributed by atoms with Gasteiger partial charge in [-0.05, 0) is 46.5 Å². The zero-order chi connectivity index (χ0) is 14.5. The van der Waals surface area contributed by atoms with E-state index in [1.807, 2.05) is 20.8 Å². The number of ether oxygens (including phenoxy) is 2. The molecule has 0 unspecified atom stereocenters. The Morgan fingerprint density at radius 3 is 2.55 bits per heavy atom. The molecule has 0 atom stereocenters. The number of carbonyl (C=O) groups excluding carboxylic acids is 1. The van der Waals surface area contributed by atoms with Gasteiger partial charge in [0.05, 0.1) is 30.9 Å². The van der Waals surface area contributed by atoms with Crippen LogP contribution in [0.5, 0.6) is 0 Å². The second-order valence-electron chi connectivity index (χ2n) is 5.34. The van der Waals surface area contributed by atoms with Crippen molar-refractivity contribution < 1.29 is 18.8 Å². The second kappa shape index (κ2) is 6.88. The Bertz CT molecular complexity index is 427. The lowest BCUT2D eigenvalue weighted by Crippen LogP contribution is -2.27. The molecule has 0 amide bonds. The molecule has 112 valence electrons. The van der Waals surface area contributed by atoms with Crippen LogP contribution in [0.2, 0.25) is 0 Å². The van der Waals surface area contributed by atoms with E-state index < -0.39 is 0 Å². The molecule has 1 fully saturated rings. The Labute approximate surface area is 119 Å². The first-order chi connectivity index (χ1) is 9.61. The molecule has 0 bridgehead atoms. The summed E-state index contributed by atoms with van der Waals surface area (Å²) in [6.07, 6.45) is 3.74. The maximum Gasteiger partial charge on any atom is 0.308 e. The fourth-order valence-corrected chi connectivity index (χ4v) is 2.63. The lowest BCUT2D eigenvalue weighted by Gasteiger charge is -2.27. The van der Waals surface area contributed by atoms with Gasteiger partial charge in [-0.3, -0.25) is 4.79 Å². The van der Waals surface area contributed by atoms with E-state index in [1.165, 1.54) is 0 Å². The van der Waals surface area contributed by atoms with E-state index in [-0.39, 0.29) is 18.0 Å². The number of nitrogens with zero attached hydrogens (tertiary/aromatic N) is 1. The number of carbonyl (C=O) groups is 1. The molecule has 0 saturated heterocycles. The van der Waals surface area contributed by atoms with Crippen molar-refractivity contribution in [2.75, 3.05) is 6.61 Å². The van der Waals surface area contributed by atoms with Gasteiger partial charge in [0.2, 0.25) is 0 Å². The van der Waals surface area contributed by atoms with Crippen LogP contribution < -0.4 is 0 Å².